The first-order valence-electron chi connectivity index (χ1n) is 11.7. The number of carbonyl (C=O) groups is 2. The molecule has 0 aliphatic heterocycles. The minimum absolute atomic E-state index is 0.0330. The van der Waals surface area contributed by atoms with Gasteiger partial charge in [0.05, 0.1) is 54.6 Å². The summed E-state index contributed by atoms with van der Waals surface area (Å²) in [5, 5.41) is 0.167. The van der Waals surface area contributed by atoms with Gasteiger partial charge in [-0.3, -0.25) is 13.8 Å². The van der Waals surface area contributed by atoms with Gasteiger partial charge in [0, 0.05) is 17.8 Å². The van der Waals surface area contributed by atoms with E-state index in [1.807, 2.05) is 19.1 Å². The Morgan fingerprint density at radius 3 is 2.49 bits per heavy atom. The molecule has 2 aromatic carbocycles. The maximum atomic E-state index is 13.6. The predicted molar refractivity (Wildman–Crippen MR) is 141 cm³/mol. The number of ether oxygens (including phenoxy) is 5. The first-order valence-corrected chi connectivity index (χ1v) is 13.1. The summed E-state index contributed by atoms with van der Waals surface area (Å²) in [5.74, 6) is -0.0534. The van der Waals surface area contributed by atoms with Crippen LogP contribution in [-0.4, -0.2) is 52.2 Å². The molecule has 11 nitrogen and oxygen atoms in total. The molecule has 2 unspecified atom stereocenters. The summed E-state index contributed by atoms with van der Waals surface area (Å²) in [7, 11) is 2.40. The minimum Gasteiger partial charge on any atom is -0.493 e. The molecule has 0 N–H and O–H groups in total. The Bertz CT molecular complexity index is 1510. The number of carbonyl (C=O) groups excluding carboxylic acids is 2. The van der Waals surface area contributed by atoms with Crippen molar-refractivity contribution in [3.05, 3.63) is 77.6 Å². The van der Waals surface area contributed by atoms with Crippen molar-refractivity contribution in [2.24, 2.45) is 0 Å². The first kappa shape index (κ1) is 27.6. The third-order valence-electron chi connectivity index (χ3n) is 5.74. The van der Waals surface area contributed by atoms with Crippen LogP contribution in [0.4, 0.5) is 4.79 Å². The molecule has 0 bridgehead atoms. The van der Waals surface area contributed by atoms with Gasteiger partial charge in [0.25, 0.3) is 0 Å². The van der Waals surface area contributed by atoms with Gasteiger partial charge in [-0.25, -0.2) is 14.6 Å². The number of aromatic nitrogens is 3. The molecule has 4 rings (SSSR count). The van der Waals surface area contributed by atoms with Crippen LogP contribution in [0.3, 0.4) is 0 Å². The number of benzene rings is 2. The molecule has 2 atom stereocenters. The average molecular weight is 554 g/mol. The summed E-state index contributed by atoms with van der Waals surface area (Å²) < 4.78 is 41.2. The number of esters is 1. The number of methoxy groups -OCH3 is 3. The van der Waals surface area contributed by atoms with Crippen molar-refractivity contribution in [1.82, 2.24) is 14.5 Å². The van der Waals surface area contributed by atoms with Gasteiger partial charge in [0.2, 0.25) is 11.3 Å². The minimum atomic E-state index is -1.72. The molecule has 4 aromatic rings. The number of imidazole rings is 1. The Morgan fingerprint density at radius 1 is 1.03 bits per heavy atom. The van der Waals surface area contributed by atoms with E-state index in [1.54, 1.807) is 47.0 Å². The molecule has 2 heterocycles. The van der Waals surface area contributed by atoms with E-state index in [4.69, 9.17) is 18.9 Å². The van der Waals surface area contributed by atoms with Crippen molar-refractivity contribution in [1.29, 1.82) is 0 Å². The quantitative estimate of drug-likeness (QED) is 0.265. The molecule has 204 valence electrons. The number of aryl methyl sites for hydroxylation is 1. The Labute approximate surface area is 227 Å². The summed E-state index contributed by atoms with van der Waals surface area (Å²) >= 11 is 0. The van der Waals surface area contributed by atoms with E-state index >= 15 is 0 Å². The zero-order valence-electron chi connectivity index (χ0n) is 21.8. The van der Waals surface area contributed by atoms with Gasteiger partial charge in [0.15, 0.2) is 18.2 Å². The maximum Gasteiger partial charge on any atom is 0.509 e. The molecular formula is C27H27N3O8S. The summed E-state index contributed by atoms with van der Waals surface area (Å²) in [6.07, 6.45) is -0.868. The Kier molecular flexibility index (Phi) is 8.77. The van der Waals surface area contributed by atoms with Crippen LogP contribution in [0.15, 0.2) is 66.0 Å². The standard InChI is InChI=1S/C27H27N3O8S/c1-17-10-11-19-21(14-17)30(16-37-25(31)23(38-27(32)36-4)18-8-6-5-7-9-18)26(29-19)39(33)15-20-24(35-3)22(34-2)12-13-28-20/h5-14,23H,15-16H2,1-4H3. The SMILES string of the molecule is COC(=O)OC(C(=O)OCn1c(S(=O)Cc2nccc(OC)c2OC)nc2ccc(C)cc21)c1ccccc1. The molecule has 2 aromatic heterocycles. The highest BCUT2D eigenvalue weighted by Crippen LogP contribution is 2.31. The van der Waals surface area contributed by atoms with Gasteiger partial charge in [-0.2, -0.15) is 0 Å². The third-order valence-corrected chi connectivity index (χ3v) is 6.99. The molecule has 0 radical (unpaired) electrons. The van der Waals surface area contributed by atoms with Gasteiger partial charge in [-0.15, -0.1) is 0 Å². The molecule has 0 saturated carbocycles. The van der Waals surface area contributed by atoms with Crippen molar-refractivity contribution in [3.8, 4) is 11.5 Å². The zero-order chi connectivity index (χ0) is 27.9. The van der Waals surface area contributed by atoms with Crippen molar-refractivity contribution < 1.29 is 37.5 Å². The summed E-state index contributed by atoms with van der Waals surface area (Å²) in [4.78, 5) is 33.8. The van der Waals surface area contributed by atoms with E-state index in [9.17, 15) is 13.8 Å². The highest BCUT2D eigenvalue weighted by Gasteiger charge is 2.28. The second-order valence-electron chi connectivity index (χ2n) is 8.25. The van der Waals surface area contributed by atoms with Gasteiger partial charge in [-0.1, -0.05) is 36.4 Å². The molecule has 0 amide bonds. The van der Waals surface area contributed by atoms with Crippen LogP contribution in [0, 0.1) is 6.92 Å². The van der Waals surface area contributed by atoms with Crippen molar-refractivity contribution in [3.63, 3.8) is 0 Å². The van der Waals surface area contributed by atoms with E-state index < -0.39 is 29.0 Å². The fraction of sp³-hybridized carbons (Fsp3) is 0.259. The van der Waals surface area contributed by atoms with Crippen LogP contribution < -0.4 is 9.47 Å². The summed E-state index contributed by atoms with van der Waals surface area (Å²) in [6.45, 7) is 1.57. The normalized spacial score (nSPS) is 12.4. The Morgan fingerprint density at radius 2 is 1.79 bits per heavy atom. The highest BCUT2D eigenvalue weighted by atomic mass is 32.2. The molecule has 0 fully saturated rings. The monoisotopic (exact) mass is 553 g/mol. The van der Waals surface area contributed by atoms with Crippen LogP contribution in [0.25, 0.3) is 11.0 Å². The maximum absolute atomic E-state index is 13.6. The molecule has 0 spiro atoms. The number of hydrogen-bond acceptors (Lipinski definition) is 10. The van der Waals surface area contributed by atoms with E-state index in [2.05, 4.69) is 14.7 Å². The predicted octanol–water partition coefficient (Wildman–Crippen LogP) is 4.09. The lowest BCUT2D eigenvalue weighted by atomic mass is 10.1. The smallest absolute Gasteiger partial charge is 0.493 e. The molecule has 12 heteroatoms. The van der Waals surface area contributed by atoms with Crippen LogP contribution >= 0.6 is 0 Å². The van der Waals surface area contributed by atoms with E-state index in [1.165, 1.54) is 20.4 Å². The second kappa shape index (κ2) is 12.4. The van der Waals surface area contributed by atoms with Gasteiger partial charge < -0.3 is 23.7 Å². The van der Waals surface area contributed by atoms with Crippen LogP contribution in [0.1, 0.15) is 22.9 Å². The van der Waals surface area contributed by atoms with Crippen molar-refractivity contribution >= 4 is 34.0 Å². The number of hydrogen-bond donors (Lipinski definition) is 0. The molecule has 0 saturated heterocycles. The zero-order valence-corrected chi connectivity index (χ0v) is 22.6. The fourth-order valence-electron chi connectivity index (χ4n) is 3.88. The molecule has 0 aliphatic carbocycles. The van der Waals surface area contributed by atoms with Crippen molar-refractivity contribution in [2.45, 2.75) is 30.7 Å². The number of nitrogens with zero attached hydrogens (tertiary/aromatic N) is 3. The lowest BCUT2D eigenvalue weighted by Gasteiger charge is -2.17. The lowest BCUT2D eigenvalue weighted by molar-refractivity contribution is -0.159. The van der Waals surface area contributed by atoms with E-state index in [0.717, 1.165) is 12.7 Å². The first-order chi connectivity index (χ1) is 18.9. The largest absolute Gasteiger partial charge is 0.509 e. The Hall–Kier alpha value is -4.45. The van der Waals surface area contributed by atoms with Gasteiger partial charge in [-0.05, 0) is 24.6 Å². The number of rotatable bonds is 10. The molecule has 39 heavy (non-hydrogen) atoms. The van der Waals surface area contributed by atoms with Crippen LogP contribution in [-0.2, 0) is 42.3 Å². The fourth-order valence-corrected chi connectivity index (χ4v) is 5.06. The van der Waals surface area contributed by atoms with E-state index in [-0.39, 0.29) is 17.6 Å². The lowest BCUT2D eigenvalue weighted by Crippen LogP contribution is -2.23. The van der Waals surface area contributed by atoms with E-state index in [0.29, 0.717) is 33.8 Å². The third kappa shape index (κ3) is 6.17. The average Bonchev–Trinajstić information content (AvgIpc) is 3.32. The topological polar surface area (TPSA) is 128 Å². The highest BCUT2D eigenvalue weighted by molar-refractivity contribution is 7.84. The van der Waals surface area contributed by atoms with Gasteiger partial charge >= 0.3 is 12.1 Å². The summed E-state index contributed by atoms with van der Waals surface area (Å²) in [6, 6.07) is 15.6. The number of fused-ring (bicyclic) bond motifs is 1. The Balaban J connectivity index is 1.65. The number of pyridine rings is 1. The van der Waals surface area contributed by atoms with Crippen molar-refractivity contribution in [2.75, 3.05) is 21.3 Å². The second-order valence-corrected chi connectivity index (χ2v) is 9.60. The summed E-state index contributed by atoms with van der Waals surface area (Å²) in [5.41, 5.74) is 2.93. The molecular weight excluding hydrogens is 526 g/mol. The molecule has 0 aliphatic rings. The van der Waals surface area contributed by atoms with Crippen LogP contribution in [0.2, 0.25) is 0 Å². The van der Waals surface area contributed by atoms with Crippen LogP contribution in [0.5, 0.6) is 11.5 Å². The van der Waals surface area contributed by atoms with Gasteiger partial charge in [0.1, 0.15) is 0 Å².